The van der Waals surface area contributed by atoms with Crippen LogP contribution in [0.25, 0.3) is 0 Å². The molecule has 0 aromatic carbocycles. The highest BCUT2D eigenvalue weighted by Crippen LogP contribution is 2.18. The maximum Gasteiger partial charge on any atom is 0.0333 e. The third-order valence-corrected chi connectivity index (χ3v) is 4.46. The van der Waals surface area contributed by atoms with Crippen molar-refractivity contribution in [3.8, 4) is 0 Å². The van der Waals surface area contributed by atoms with Crippen molar-refractivity contribution in [1.29, 1.82) is 0 Å². The number of hydrogen-bond donors (Lipinski definition) is 1. The van der Waals surface area contributed by atoms with Crippen LogP contribution in [-0.2, 0) is 6.54 Å². The highest BCUT2D eigenvalue weighted by atomic mass is 32.1. The van der Waals surface area contributed by atoms with Gasteiger partial charge in [0.15, 0.2) is 0 Å². The van der Waals surface area contributed by atoms with Gasteiger partial charge >= 0.3 is 0 Å². The van der Waals surface area contributed by atoms with Gasteiger partial charge < -0.3 is 5.32 Å². The van der Waals surface area contributed by atoms with Gasteiger partial charge in [0.25, 0.3) is 0 Å². The van der Waals surface area contributed by atoms with Gasteiger partial charge in [0.1, 0.15) is 0 Å². The van der Waals surface area contributed by atoms with E-state index in [1.165, 1.54) is 17.7 Å². The first-order chi connectivity index (χ1) is 9.29. The van der Waals surface area contributed by atoms with Crippen LogP contribution in [-0.4, -0.2) is 29.1 Å². The molecule has 1 N–H and O–H groups in total. The van der Waals surface area contributed by atoms with Crippen molar-refractivity contribution in [3.63, 3.8) is 0 Å². The molecule has 0 aliphatic carbocycles. The number of nitrogens with zero attached hydrogens (tertiary/aromatic N) is 1. The lowest BCUT2D eigenvalue weighted by atomic mass is 10.1. The quantitative estimate of drug-likeness (QED) is 0.710. The summed E-state index contributed by atoms with van der Waals surface area (Å²) in [6, 6.07) is 5.63. The molecule has 1 aromatic rings. The fourth-order valence-corrected chi connectivity index (χ4v) is 3.17. The maximum absolute atomic E-state index is 3.57. The van der Waals surface area contributed by atoms with Gasteiger partial charge in [-0.3, -0.25) is 4.90 Å². The van der Waals surface area contributed by atoms with Gasteiger partial charge in [0, 0.05) is 29.0 Å². The SMILES string of the molecule is CC(C)N(Cc1cccs1)C(C)CCCNC(C)(C)C. The molecule has 20 heavy (non-hydrogen) atoms. The summed E-state index contributed by atoms with van der Waals surface area (Å²) in [5.41, 5.74) is 0.234. The van der Waals surface area contributed by atoms with E-state index >= 15 is 0 Å². The van der Waals surface area contributed by atoms with Crippen molar-refractivity contribution >= 4 is 11.3 Å². The minimum absolute atomic E-state index is 0.234. The third kappa shape index (κ3) is 6.87. The van der Waals surface area contributed by atoms with Crippen LogP contribution in [0.1, 0.15) is 59.3 Å². The molecule has 116 valence electrons. The lowest BCUT2D eigenvalue weighted by Gasteiger charge is -2.32. The molecule has 2 nitrogen and oxygen atoms in total. The van der Waals surface area contributed by atoms with E-state index < -0.39 is 0 Å². The Morgan fingerprint density at radius 2 is 1.95 bits per heavy atom. The van der Waals surface area contributed by atoms with Crippen molar-refractivity contribution in [1.82, 2.24) is 10.2 Å². The summed E-state index contributed by atoms with van der Waals surface area (Å²) in [4.78, 5) is 4.08. The van der Waals surface area contributed by atoms with Gasteiger partial charge in [-0.15, -0.1) is 11.3 Å². The number of nitrogens with one attached hydrogen (secondary N) is 1. The molecule has 0 radical (unpaired) electrons. The Morgan fingerprint density at radius 3 is 2.45 bits per heavy atom. The van der Waals surface area contributed by atoms with Gasteiger partial charge in [-0.2, -0.15) is 0 Å². The molecule has 1 rings (SSSR count). The average Bonchev–Trinajstić information content (AvgIpc) is 2.82. The van der Waals surface area contributed by atoms with Gasteiger partial charge in [-0.1, -0.05) is 6.07 Å². The van der Waals surface area contributed by atoms with Crippen LogP contribution in [0.4, 0.5) is 0 Å². The maximum atomic E-state index is 3.57. The molecule has 1 aromatic heterocycles. The number of thiophene rings is 1. The largest absolute Gasteiger partial charge is 0.312 e. The minimum atomic E-state index is 0.234. The first-order valence-corrected chi connectivity index (χ1v) is 8.70. The molecule has 0 aliphatic rings. The van der Waals surface area contributed by atoms with E-state index in [1.54, 1.807) is 0 Å². The molecule has 0 saturated heterocycles. The van der Waals surface area contributed by atoms with Gasteiger partial charge in [0.05, 0.1) is 0 Å². The van der Waals surface area contributed by atoms with E-state index in [4.69, 9.17) is 0 Å². The van der Waals surface area contributed by atoms with Crippen LogP contribution in [0.2, 0.25) is 0 Å². The van der Waals surface area contributed by atoms with Crippen molar-refractivity contribution < 1.29 is 0 Å². The van der Waals surface area contributed by atoms with E-state index in [0.29, 0.717) is 12.1 Å². The van der Waals surface area contributed by atoms with Crippen LogP contribution in [0, 0.1) is 0 Å². The molecule has 0 saturated carbocycles. The summed E-state index contributed by atoms with van der Waals surface area (Å²) >= 11 is 1.86. The Kier molecular flexibility index (Phi) is 7.21. The summed E-state index contributed by atoms with van der Waals surface area (Å²) in [6.45, 7) is 15.9. The Morgan fingerprint density at radius 1 is 1.25 bits per heavy atom. The average molecular weight is 297 g/mol. The molecule has 0 fully saturated rings. The van der Waals surface area contributed by atoms with Crippen molar-refractivity contribution in [2.24, 2.45) is 0 Å². The second-order valence-electron chi connectivity index (χ2n) is 7.01. The predicted molar refractivity (Wildman–Crippen MR) is 91.4 cm³/mol. The van der Waals surface area contributed by atoms with E-state index in [1.807, 2.05) is 11.3 Å². The van der Waals surface area contributed by atoms with Crippen molar-refractivity contribution in [3.05, 3.63) is 22.4 Å². The molecule has 0 aliphatic heterocycles. The smallest absolute Gasteiger partial charge is 0.0333 e. The van der Waals surface area contributed by atoms with Crippen LogP contribution < -0.4 is 5.32 Å². The third-order valence-electron chi connectivity index (χ3n) is 3.60. The fraction of sp³-hybridized carbons (Fsp3) is 0.765. The minimum Gasteiger partial charge on any atom is -0.312 e. The number of hydrogen-bond acceptors (Lipinski definition) is 3. The molecular weight excluding hydrogens is 264 g/mol. The second-order valence-corrected chi connectivity index (χ2v) is 8.05. The van der Waals surface area contributed by atoms with Gasteiger partial charge in [-0.05, 0) is 72.4 Å². The van der Waals surface area contributed by atoms with Crippen LogP contribution in [0.3, 0.4) is 0 Å². The van der Waals surface area contributed by atoms with E-state index in [9.17, 15) is 0 Å². The molecule has 0 spiro atoms. The van der Waals surface area contributed by atoms with Crippen molar-refractivity contribution in [2.45, 2.75) is 78.6 Å². The lowest BCUT2D eigenvalue weighted by molar-refractivity contribution is 0.146. The van der Waals surface area contributed by atoms with Crippen LogP contribution in [0.5, 0.6) is 0 Å². The summed E-state index contributed by atoms with van der Waals surface area (Å²) in [7, 11) is 0. The summed E-state index contributed by atoms with van der Waals surface area (Å²) < 4.78 is 0. The highest BCUT2D eigenvalue weighted by Gasteiger charge is 2.18. The standard InChI is InChI=1S/C17H32N2S/c1-14(2)19(13-16-10-8-12-20-16)15(3)9-7-11-18-17(4,5)6/h8,10,12,14-15,18H,7,9,11,13H2,1-6H3. The zero-order valence-electron chi connectivity index (χ0n) is 14.1. The van der Waals surface area contributed by atoms with E-state index in [0.717, 1.165) is 13.1 Å². The normalized spacial score (nSPS) is 14.2. The molecule has 0 amide bonds. The van der Waals surface area contributed by atoms with Gasteiger partial charge in [0.2, 0.25) is 0 Å². The molecule has 0 bridgehead atoms. The fourth-order valence-electron chi connectivity index (χ4n) is 2.46. The second kappa shape index (κ2) is 8.16. The van der Waals surface area contributed by atoms with Crippen molar-refractivity contribution in [2.75, 3.05) is 6.54 Å². The Labute approximate surface area is 129 Å². The van der Waals surface area contributed by atoms with Crippen LogP contribution in [0.15, 0.2) is 17.5 Å². The monoisotopic (exact) mass is 296 g/mol. The lowest BCUT2D eigenvalue weighted by Crippen LogP contribution is -2.39. The van der Waals surface area contributed by atoms with Gasteiger partial charge in [-0.25, -0.2) is 0 Å². The Bertz CT molecular complexity index is 352. The van der Waals surface area contributed by atoms with E-state index in [-0.39, 0.29) is 5.54 Å². The van der Waals surface area contributed by atoms with Crippen LogP contribution >= 0.6 is 11.3 Å². The molecular formula is C17H32N2S. The molecule has 1 heterocycles. The Hall–Kier alpha value is -0.380. The summed E-state index contributed by atoms with van der Waals surface area (Å²) in [5.74, 6) is 0. The zero-order chi connectivity index (χ0) is 15.2. The summed E-state index contributed by atoms with van der Waals surface area (Å²) in [5, 5.41) is 5.75. The summed E-state index contributed by atoms with van der Waals surface area (Å²) in [6.07, 6.45) is 2.50. The predicted octanol–water partition coefficient (Wildman–Crippen LogP) is 4.52. The first-order valence-electron chi connectivity index (χ1n) is 7.83. The first kappa shape index (κ1) is 17.7. The number of rotatable bonds is 8. The molecule has 1 unspecified atom stereocenters. The molecule has 3 heteroatoms. The highest BCUT2D eigenvalue weighted by molar-refractivity contribution is 7.09. The van der Waals surface area contributed by atoms with E-state index in [2.05, 4.69) is 69.3 Å². The Balaban J connectivity index is 2.38. The molecule has 1 atom stereocenters. The topological polar surface area (TPSA) is 15.3 Å². The zero-order valence-corrected chi connectivity index (χ0v) is 14.9.